The van der Waals surface area contributed by atoms with Gasteiger partial charge in [-0.05, 0) is 12.2 Å². The molecule has 18 heavy (non-hydrogen) atoms. The second-order valence-electron chi connectivity index (χ2n) is 3.97. The Morgan fingerprint density at radius 2 is 2.06 bits per heavy atom. The van der Waals surface area contributed by atoms with Crippen molar-refractivity contribution < 1.29 is 19.4 Å². The molecule has 1 atom stereocenters. The van der Waals surface area contributed by atoms with Gasteiger partial charge in [0.2, 0.25) is 5.78 Å². The summed E-state index contributed by atoms with van der Waals surface area (Å²) in [6.45, 7) is 3.55. The molecule has 4 nitrogen and oxygen atoms in total. The van der Waals surface area contributed by atoms with Gasteiger partial charge in [0, 0.05) is 12.0 Å². The molecule has 92 valence electrons. The summed E-state index contributed by atoms with van der Waals surface area (Å²) < 4.78 is 5.03. The minimum Gasteiger partial charge on any atom is -0.502 e. The van der Waals surface area contributed by atoms with Crippen LogP contribution in [0.2, 0.25) is 0 Å². The molecule has 2 rings (SSSR count). The van der Waals surface area contributed by atoms with E-state index in [2.05, 4.69) is 6.58 Å². The van der Waals surface area contributed by atoms with Gasteiger partial charge in [0.1, 0.15) is 0 Å². The molecule has 0 saturated carbocycles. The van der Waals surface area contributed by atoms with E-state index in [4.69, 9.17) is 4.74 Å². The zero-order valence-electron chi connectivity index (χ0n) is 9.63. The quantitative estimate of drug-likeness (QED) is 0.503. The number of aliphatic hydroxyl groups is 1. The van der Waals surface area contributed by atoms with Gasteiger partial charge >= 0.3 is 5.97 Å². The number of benzene rings is 1. The van der Waals surface area contributed by atoms with Crippen LogP contribution >= 0.6 is 0 Å². The Hall–Kier alpha value is -2.36. The average molecular weight is 244 g/mol. The number of Topliss-reactive ketones (excluding diaryl/α,β-unsaturated/α-hetero) is 1. The van der Waals surface area contributed by atoms with Crippen LogP contribution in [0.25, 0.3) is 0 Å². The highest BCUT2D eigenvalue weighted by Gasteiger charge is 2.42. The fourth-order valence-electron chi connectivity index (χ4n) is 1.78. The monoisotopic (exact) mass is 244 g/mol. The Labute approximate surface area is 104 Å². The van der Waals surface area contributed by atoms with Crippen molar-refractivity contribution in [2.45, 2.75) is 12.0 Å². The lowest BCUT2D eigenvalue weighted by molar-refractivity contribution is -0.151. The molecule has 0 amide bonds. The maximum absolute atomic E-state index is 12.3. The minimum atomic E-state index is -1.43. The maximum Gasteiger partial charge on any atom is 0.374 e. The van der Waals surface area contributed by atoms with Crippen molar-refractivity contribution >= 4 is 11.8 Å². The highest BCUT2D eigenvalue weighted by atomic mass is 16.6. The lowest BCUT2D eigenvalue weighted by atomic mass is 9.88. The molecule has 0 saturated heterocycles. The number of aliphatic hydroxyl groups excluding tert-OH is 1. The number of esters is 1. The summed E-state index contributed by atoms with van der Waals surface area (Å²) in [4.78, 5) is 23.7. The zero-order chi connectivity index (χ0) is 13.2. The fourth-order valence-corrected chi connectivity index (χ4v) is 1.78. The zero-order valence-corrected chi connectivity index (χ0v) is 9.63. The van der Waals surface area contributed by atoms with Crippen LogP contribution in [0.15, 0.2) is 54.8 Å². The Balaban J connectivity index is 2.38. The van der Waals surface area contributed by atoms with Crippen LogP contribution in [0, 0.1) is 0 Å². The number of rotatable bonds is 3. The smallest absolute Gasteiger partial charge is 0.374 e. The van der Waals surface area contributed by atoms with E-state index in [1.807, 2.05) is 0 Å². The molecule has 0 aliphatic carbocycles. The van der Waals surface area contributed by atoms with Crippen molar-refractivity contribution in [2.24, 2.45) is 0 Å². The van der Waals surface area contributed by atoms with Gasteiger partial charge < -0.3 is 9.84 Å². The SMILES string of the molecule is C=CC1(C(=O)c2ccccc2)CC=C(O)C(=O)O1. The number of hydrogen-bond donors (Lipinski definition) is 1. The Morgan fingerprint density at radius 3 is 2.61 bits per heavy atom. The molecule has 0 spiro atoms. The summed E-state index contributed by atoms with van der Waals surface area (Å²) in [6, 6.07) is 8.51. The van der Waals surface area contributed by atoms with E-state index < -0.39 is 17.3 Å². The van der Waals surface area contributed by atoms with Gasteiger partial charge in [-0.1, -0.05) is 36.9 Å². The standard InChI is InChI=1S/C14H12O4/c1-2-14(9-8-11(15)13(17)18-14)12(16)10-6-4-3-5-7-10/h2-8,15H,1,9H2. The first-order valence-electron chi connectivity index (χ1n) is 5.45. The number of ether oxygens (including phenoxy) is 1. The van der Waals surface area contributed by atoms with Crippen LogP contribution in [0.1, 0.15) is 16.8 Å². The van der Waals surface area contributed by atoms with Crippen LogP contribution in [0.4, 0.5) is 0 Å². The predicted molar refractivity (Wildman–Crippen MR) is 65.1 cm³/mol. The highest BCUT2D eigenvalue weighted by Crippen LogP contribution is 2.29. The van der Waals surface area contributed by atoms with E-state index >= 15 is 0 Å². The highest BCUT2D eigenvalue weighted by molar-refractivity contribution is 6.06. The molecular weight excluding hydrogens is 232 g/mol. The molecular formula is C14H12O4. The third-order valence-corrected chi connectivity index (χ3v) is 2.83. The third kappa shape index (κ3) is 1.93. The molecule has 1 heterocycles. The average Bonchev–Trinajstić information content (AvgIpc) is 2.42. The van der Waals surface area contributed by atoms with Gasteiger partial charge in [-0.2, -0.15) is 0 Å². The number of cyclic esters (lactones) is 1. The Morgan fingerprint density at radius 1 is 1.39 bits per heavy atom. The molecule has 0 fully saturated rings. The molecule has 1 aliphatic heterocycles. The largest absolute Gasteiger partial charge is 0.502 e. The first-order valence-corrected chi connectivity index (χ1v) is 5.45. The van der Waals surface area contributed by atoms with E-state index in [0.29, 0.717) is 5.56 Å². The molecule has 1 unspecified atom stereocenters. The molecule has 1 aromatic rings. The van der Waals surface area contributed by atoms with Crippen LogP contribution in [-0.2, 0) is 9.53 Å². The van der Waals surface area contributed by atoms with Gasteiger partial charge in [0.15, 0.2) is 11.4 Å². The predicted octanol–water partition coefficient (Wildman–Crippen LogP) is 2.18. The summed E-state index contributed by atoms with van der Waals surface area (Å²) in [6.07, 6.45) is 2.65. The van der Waals surface area contributed by atoms with Crippen molar-refractivity contribution in [3.05, 3.63) is 60.4 Å². The topological polar surface area (TPSA) is 63.6 Å². The van der Waals surface area contributed by atoms with Crippen LogP contribution in [-0.4, -0.2) is 22.5 Å². The summed E-state index contributed by atoms with van der Waals surface area (Å²) >= 11 is 0. The van der Waals surface area contributed by atoms with Crippen molar-refractivity contribution in [3.8, 4) is 0 Å². The summed E-state index contributed by atoms with van der Waals surface area (Å²) in [5, 5.41) is 9.20. The first kappa shape index (κ1) is 12.1. The summed E-state index contributed by atoms with van der Waals surface area (Å²) in [7, 11) is 0. The molecule has 0 aromatic heterocycles. The number of hydrogen-bond acceptors (Lipinski definition) is 4. The van der Waals surface area contributed by atoms with E-state index in [-0.39, 0.29) is 12.2 Å². The lowest BCUT2D eigenvalue weighted by Gasteiger charge is -2.30. The van der Waals surface area contributed by atoms with Crippen LogP contribution in [0.5, 0.6) is 0 Å². The van der Waals surface area contributed by atoms with E-state index in [9.17, 15) is 14.7 Å². The number of carbonyl (C=O) groups is 2. The van der Waals surface area contributed by atoms with Crippen LogP contribution < -0.4 is 0 Å². The van der Waals surface area contributed by atoms with E-state index in [1.165, 1.54) is 12.2 Å². The molecule has 0 radical (unpaired) electrons. The molecule has 1 aliphatic rings. The third-order valence-electron chi connectivity index (χ3n) is 2.83. The normalized spacial score (nSPS) is 22.9. The van der Waals surface area contributed by atoms with Crippen molar-refractivity contribution in [2.75, 3.05) is 0 Å². The van der Waals surface area contributed by atoms with Gasteiger partial charge in [0.05, 0.1) is 0 Å². The number of carbonyl (C=O) groups excluding carboxylic acids is 2. The fraction of sp³-hybridized carbons (Fsp3) is 0.143. The first-order chi connectivity index (χ1) is 8.59. The minimum absolute atomic E-state index is 0.0851. The van der Waals surface area contributed by atoms with Gasteiger partial charge in [-0.25, -0.2) is 4.79 Å². The molecule has 0 bridgehead atoms. The molecule has 4 heteroatoms. The van der Waals surface area contributed by atoms with Crippen molar-refractivity contribution in [3.63, 3.8) is 0 Å². The number of ketones is 1. The second-order valence-corrected chi connectivity index (χ2v) is 3.97. The van der Waals surface area contributed by atoms with Crippen molar-refractivity contribution in [1.82, 2.24) is 0 Å². The summed E-state index contributed by atoms with van der Waals surface area (Å²) in [5.41, 5.74) is -0.995. The van der Waals surface area contributed by atoms with E-state index in [0.717, 1.165) is 0 Å². The van der Waals surface area contributed by atoms with E-state index in [1.54, 1.807) is 30.3 Å². The van der Waals surface area contributed by atoms with Crippen LogP contribution in [0.3, 0.4) is 0 Å². The lowest BCUT2D eigenvalue weighted by Crippen LogP contribution is -2.43. The second kappa shape index (κ2) is 4.49. The van der Waals surface area contributed by atoms with Crippen molar-refractivity contribution in [1.29, 1.82) is 0 Å². The summed E-state index contributed by atoms with van der Waals surface area (Å²) in [5.74, 6) is -1.74. The Kier molecular flexibility index (Phi) is 3.02. The van der Waals surface area contributed by atoms with Gasteiger partial charge in [-0.15, -0.1) is 0 Å². The molecule has 1 N–H and O–H groups in total. The Bertz CT molecular complexity index is 530. The maximum atomic E-state index is 12.3. The van der Waals surface area contributed by atoms with Gasteiger partial charge in [-0.3, -0.25) is 4.79 Å². The van der Waals surface area contributed by atoms with Gasteiger partial charge in [0.25, 0.3) is 0 Å². The molecule has 1 aromatic carbocycles.